The fourth-order valence-corrected chi connectivity index (χ4v) is 7.53. The monoisotopic (exact) mass is 652 g/mol. The van der Waals surface area contributed by atoms with E-state index in [0.29, 0.717) is 46.3 Å². The molecule has 0 N–H and O–H groups in total. The van der Waals surface area contributed by atoms with Gasteiger partial charge in [-0.1, -0.05) is 90.1 Å². The maximum Gasteiger partial charge on any atom is 0.273 e. The van der Waals surface area contributed by atoms with Crippen LogP contribution in [-0.2, 0) is 5.75 Å². The van der Waals surface area contributed by atoms with Gasteiger partial charge in [-0.3, -0.25) is 14.3 Å². The Labute approximate surface area is 274 Å². The second kappa shape index (κ2) is 13.4. The fraction of sp³-hybridized carbons (Fsp3) is 0.176. The third kappa shape index (κ3) is 6.46. The molecule has 8 nitrogen and oxygen atoms in total. The maximum atomic E-state index is 13.5. The first-order chi connectivity index (χ1) is 22.1. The van der Waals surface area contributed by atoms with Gasteiger partial charge in [0.05, 0.1) is 23.7 Å². The van der Waals surface area contributed by atoms with E-state index >= 15 is 0 Å². The summed E-state index contributed by atoms with van der Waals surface area (Å²) < 4.78 is 7.54. The smallest absolute Gasteiger partial charge is 0.273 e. The normalized spacial score (nSPS) is 13.9. The summed E-state index contributed by atoms with van der Waals surface area (Å²) in [7, 11) is 0. The van der Waals surface area contributed by atoms with Gasteiger partial charge in [0.25, 0.3) is 5.91 Å². The maximum absolute atomic E-state index is 13.5. The molecule has 1 aliphatic heterocycles. The first kappa shape index (κ1) is 29.5. The van der Waals surface area contributed by atoms with E-state index in [2.05, 4.69) is 63.6 Å². The number of aromatic nitrogens is 4. The molecule has 1 fully saturated rings. The lowest BCUT2D eigenvalue weighted by Gasteiger charge is -2.39. The number of benzene rings is 3. The van der Waals surface area contributed by atoms with E-state index in [-0.39, 0.29) is 11.9 Å². The Bertz CT molecular complexity index is 1830. The molecule has 1 saturated heterocycles. The molecule has 0 unspecified atom stereocenters. The van der Waals surface area contributed by atoms with Crippen molar-refractivity contribution < 1.29 is 9.21 Å². The van der Waals surface area contributed by atoms with Gasteiger partial charge in [0, 0.05) is 36.6 Å². The quantitative estimate of drug-likeness (QED) is 0.150. The Hall–Kier alpha value is -4.22. The first-order valence-electron chi connectivity index (χ1n) is 14.6. The Kier molecular flexibility index (Phi) is 8.79. The van der Waals surface area contributed by atoms with Crippen LogP contribution in [0, 0.1) is 0 Å². The number of amides is 1. The summed E-state index contributed by atoms with van der Waals surface area (Å²) >= 11 is 9.29. The molecule has 3 aromatic heterocycles. The molecule has 0 saturated carbocycles. The van der Waals surface area contributed by atoms with Crippen LogP contribution in [0.3, 0.4) is 0 Å². The van der Waals surface area contributed by atoms with E-state index in [4.69, 9.17) is 21.0 Å². The van der Waals surface area contributed by atoms with E-state index < -0.39 is 0 Å². The number of hydrogen-bond acceptors (Lipinski definition) is 8. The molecule has 3 aromatic carbocycles. The SMILES string of the molecule is O=C(c1csc(CSc2nnc(-c3ccco3)n2-c2cccc(Cl)c2)n1)N1CCN(C(c2ccccc2)c2ccccc2)CC1. The molecule has 0 spiro atoms. The van der Waals surface area contributed by atoms with Crippen LogP contribution < -0.4 is 0 Å². The molecule has 226 valence electrons. The minimum Gasteiger partial charge on any atom is -0.461 e. The van der Waals surface area contributed by atoms with Gasteiger partial charge in [-0.2, -0.15) is 0 Å². The molecule has 4 heterocycles. The molecule has 11 heteroatoms. The highest BCUT2D eigenvalue weighted by atomic mass is 35.5. The average molecular weight is 653 g/mol. The average Bonchev–Trinajstić information content (AvgIpc) is 3.87. The van der Waals surface area contributed by atoms with Crippen LogP contribution in [0.4, 0.5) is 0 Å². The van der Waals surface area contributed by atoms with Crippen molar-refractivity contribution in [3.05, 3.63) is 136 Å². The number of nitrogens with zero attached hydrogens (tertiary/aromatic N) is 6. The fourth-order valence-electron chi connectivity index (χ4n) is 5.61. The van der Waals surface area contributed by atoms with Crippen LogP contribution in [0.5, 0.6) is 0 Å². The molecule has 0 aliphatic carbocycles. The van der Waals surface area contributed by atoms with Crippen LogP contribution >= 0.6 is 34.7 Å². The number of rotatable bonds is 9. The lowest BCUT2D eigenvalue weighted by molar-refractivity contribution is 0.0592. The zero-order chi connectivity index (χ0) is 30.6. The molecule has 1 aliphatic rings. The number of piperazine rings is 1. The molecule has 7 rings (SSSR count). The first-order valence-corrected chi connectivity index (χ1v) is 16.8. The van der Waals surface area contributed by atoms with Crippen molar-refractivity contribution in [3.8, 4) is 17.3 Å². The molecule has 0 atom stereocenters. The van der Waals surface area contributed by atoms with Gasteiger partial charge >= 0.3 is 0 Å². The van der Waals surface area contributed by atoms with E-state index in [9.17, 15) is 4.79 Å². The minimum absolute atomic E-state index is 0.0275. The minimum atomic E-state index is -0.0275. The number of thioether (sulfide) groups is 1. The highest BCUT2D eigenvalue weighted by Crippen LogP contribution is 2.32. The van der Waals surface area contributed by atoms with Crippen LogP contribution in [0.15, 0.2) is 118 Å². The molecular weight excluding hydrogens is 624 g/mol. The molecule has 1 amide bonds. The molecule has 6 aromatic rings. The lowest BCUT2D eigenvalue weighted by atomic mass is 9.96. The van der Waals surface area contributed by atoms with Crippen molar-refractivity contribution in [2.75, 3.05) is 26.2 Å². The summed E-state index contributed by atoms with van der Waals surface area (Å²) in [4.78, 5) is 22.6. The Morgan fingerprint density at radius 1 is 0.889 bits per heavy atom. The standard InChI is InChI=1S/C34H29ClN6O2S2/c35-26-13-7-14-27(21-26)41-32(29-15-8-20-43-29)37-38-34(41)45-23-30-36-28(22-44-30)33(42)40-18-16-39(17-19-40)31(24-9-3-1-4-10-24)25-11-5-2-6-12-25/h1-15,20-22,31H,16-19,23H2. The van der Waals surface area contributed by atoms with Gasteiger partial charge in [0.15, 0.2) is 10.9 Å². The molecule has 45 heavy (non-hydrogen) atoms. The molecular formula is C34H29ClN6O2S2. The summed E-state index contributed by atoms with van der Waals surface area (Å²) in [5, 5.41) is 12.8. The van der Waals surface area contributed by atoms with Crippen molar-refractivity contribution in [2.45, 2.75) is 17.0 Å². The second-order valence-electron chi connectivity index (χ2n) is 10.6. The summed E-state index contributed by atoms with van der Waals surface area (Å²) in [6.45, 7) is 2.86. The number of carbonyl (C=O) groups is 1. The summed E-state index contributed by atoms with van der Waals surface area (Å²) in [5.74, 6) is 1.70. The molecule has 0 radical (unpaired) electrons. The van der Waals surface area contributed by atoms with Gasteiger partial charge in [-0.05, 0) is 41.5 Å². The highest BCUT2D eigenvalue weighted by molar-refractivity contribution is 7.98. The van der Waals surface area contributed by atoms with Gasteiger partial charge in [0.2, 0.25) is 5.82 Å². The largest absolute Gasteiger partial charge is 0.461 e. The number of carbonyl (C=O) groups excluding carboxylic acids is 1. The van der Waals surface area contributed by atoms with Crippen LogP contribution in [0.25, 0.3) is 17.3 Å². The van der Waals surface area contributed by atoms with E-state index in [1.807, 2.05) is 63.4 Å². The Balaban J connectivity index is 1.02. The third-order valence-corrected chi connectivity index (χ3v) is 9.94. The zero-order valence-electron chi connectivity index (χ0n) is 24.2. The van der Waals surface area contributed by atoms with Crippen LogP contribution in [0.1, 0.15) is 32.7 Å². The number of halogens is 1. The zero-order valence-corrected chi connectivity index (χ0v) is 26.6. The van der Waals surface area contributed by atoms with Crippen molar-refractivity contribution in [2.24, 2.45) is 0 Å². The van der Waals surface area contributed by atoms with Crippen molar-refractivity contribution in [1.82, 2.24) is 29.5 Å². The number of hydrogen-bond donors (Lipinski definition) is 0. The van der Waals surface area contributed by atoms with Gasteiger partial charge in [0.1, 0.15) is 10.7 Å². The summed E-state index contributed by atoms with van der Waals surface area (Å²) in [6, 6.07) is 32.5. The predicted octanol–water partition coefficient (Wildman–Crippen LogP) is 7.48. The summed E-state index contributed by atoms with van der Waals surface area (Å²) in [6.07, 6.45) is 1.61. The number of furan rings is 1. The predicted molar refractivity (Wildman–Crippen MR) is 178 cm³/mol. The lowest BCUT2D eigenvalue weighted by Crippen LogP contribution is -2.50. The highest BCUT2D eigenvalue weighted by Gasteiger charge is 2.29. The van der Waals surface area contributed by atoms with Crippen molar-refractivity contribution in [3.63, 3.8) is 0 Å². The number of thiazole rings is 1. The van der Waals surface area contributed by atoms with E-state index in [1.165, 1.54) is 34.2 Å². The van der Waals surface area contributed by atoms with Crippen molar-refractivity contribution >= 4 is 40.6 Å². The van der Waals surface area contributed by atoms with Gasteiger partial charge < -0.3 is 9.32 Å². The Morgan fingerprint density at radius 2 is 1.62 bits per heavy atom. The Morgan fingerprint density at radius 3 is 2.29 bits per heavy atom. The topological polar surface area (TPSA) is 80.3 Å². The van der Waals surface area contributed by atoms with E-state index in [0.717, 1.165) is 23.8 Å². The second-order valence-corrected chi connectivity index (χ2v) is 12.9. The third-order valence-electron chi connectivity index (χ3n) is 7.73. The van der Waals surface area contributed by atoms with Crippen LogP contribution in [-0.4, -0.2) is 61.6 Å². The van der Waals surface area contributed by atoms with Crippen molar-refractivity contribution in [1.29, 1.82) is 0 Å². The van der Waals surface area contributed by atoms with E-state index in [1.54, 1.807) is 6.26 Å². The summed E-state index contributed by atoms with van der Waals surface area (Å²) in [5.41, 5.74) is 3.83. The van der Waals surface area contributed by atoms with Gasteiger partial charge in [-0.25, -0.2) is 4.98 Å². The van der Waals surface area contributed by atoms with Crippen LogP contribution in [0.2, 0.25) is 5.02 Å². The van der Waals surface area contributed by atoms with Gasteiger partial charge in [-0.15, -0.1) is 21.5 Å². The molecule has 0 bridgehead atoms.